The van der Waals surface area contributed by atoms with Crippen molar-refractivity contribution in [1.82, 2.24) is 4.90 Å². The van der Waals surface area contributed by atoms with Crippen molar-refractivity contribution in [3.63, 3.8) is 0 Å². The van der Waals surface area contributed by atoms with Crippen molar-refractivity contribution >= 4 is 34.7 Å². The van der Waals surface area contributed by atoms with E-state index < -0.39 is 0 Å². The van der Waals surface area contributed by atoms with Crippen LogP contribution in [0.1, 0.15) is 37.3 Å². The number of halogens is 1. The zero-order valence-corrected chi connectivity index (χ0v) is 19.5. The van der Waals surface area contributed by atoms with Gasteiger partial charge in [0.1, 0.15) is 11.4 Å². The Balaban J connectivity index is 1.92. The number of carbonyl (C=O) groups excluding carboxylic acids is 2. The lowest BCUT2D eigenvalue weighted by molar-refractivity contribution is -0.137. The third-order valence-corrected chi connectivity index (χ3v) is 5.79. The molecule has 1 heterocycles. The van der Waals surface area contributed by atoms with E-state index in [2.05, 4.69) is 12.2 Å². The van der Waals surface area contributed by atoms with Crippen LogP contribution in [0, 0.1) is 6.92 Å². The zero-order valence-electron chi connectivity index (χ0n) is 18.7. The molecule has 0 saturated carbocycles. The fourth-order valence-corrected chi connectivity index (χ4v) is 3.72. The van der Waals surface area contributed by atoms with Crippen molar-refractivity contribution in [3.05, 3.63) is 64.3 Å². The van der Waals surface area contributed by atoms with E-state index in [0.29, 0.717) is 47.2 Å². The van der Waals surface area contributed by atoms with Crippen LogP contribution in [0.15, 0.2) is 48.2 Å². The molecule has 3 rings (SSSR count). The summed E-state index contributed by atoms with van der Waals surface area (Å²) in [5.74, 6) is -0.199. The molecule has 7 heteroatoms. The smallest absolute Gasteiger partial charge is 0.278 e. The molecule has 0 unspecified atom stereocenters. The summed E-state index contributed by atoms with van der Waals surface area (Å²) in [6.07, 6.45) is 2.63. The third kappa shape index (κ3) is 5.14. The Morgan fingerprint density at radius 1 is 1.00 bits per heavy atom. The van der Waals surface area contributed by atoms with Gasteiger partial charge in [0.05, 0.1) is 12.7 Å². The van der Waals surface area contributed by atoms with Gasteiger partial charge in [-0.3, -0.25) is 14.5 Å². The second-order valence-electron chi connectivity index (χ2n) is 7.57. The van der Waals surface area contributed by atoms with Crippen LogP contribution in [-0.4, -0.2) is 43.6 Å². The molecule has 0 aliphatic carbocycles. The fourth-order valence-electron chi connectivity index (χ4n) is 3.55. The second kappa shape index (κ2) is 11.2. The fraction of sp³-hybridized carbons (Fsp3) is 0.360. The highest BCUT2D eigenvalue weighted by atomic mass is 35.5. The van der Waals surface area contributed by atoms with E-state index in [0.717, 1.165) is 18.4 Å². The van der Waals surface area contributed by atoms with Gasteiger partial charge in [0.25, 0.3) is 11.8 Å². The highest BCUT2D eigenvalue weighted by Crippen LogP contribution is 2.36. The summed E-state index contributed by atoms with van der Waals surface area (Å²) < 4.78 is 11.1. The van der Waals surface area contributed by atoms with Crippen LogP contribution in [0.25, 0.3) is 5.57 Å². The first kappa shape index (κ1) is 23.8. The average Bonchev–Trinajstić information content (AvgIpc) is 3.03. The van der Waals surface area contributed by atoms with Gasteiger partial charge in [-0.25, -0.2) is 0 Å². The average molecular weight is 457 g/mol. The predicted octanol–water partition coefficient (Wildman–Crippen LogP) is 5.06. The number of imide groups is 1. The minimum atomic E-state index is -0.371. The van der Waals surface area contributed by atoms with E-state index in [1.807, 2.05) is 25.1 Å². The van der Waals surface area contributed by atoms with Gasteiger partial charge in [-0.1, -0.05) is 49.2 Å². The summed E-state index contributed by atoms with van der Waals surface area (Å²) in [5.41, 5.74) is 2.54. The number of nitrogens with one attached hydrogen (secondary N) is 1. The number of benzene rings is 2. The standard InChI is InChI=1S/C25H29ClN2O4/c1-4-5-15-32-16-9-14-28-24(29)22(18-10-6-7-13-21(18)31-3)23(25(28)30)27-20-12-8-11-19(26)17(20)2/h6-8,10-13,27H,4-5,9,14-16H2,1-3H3. The Kier molecular flexibility index (Phi) is 8.31. The normalized spacial score (nSPS) is 13.8. The number of hydrogen-bond donors (Lipinski definition) is 1. The maximum Gasteiger partial charge on any atom is 0.278 e. The Hall–Kier alpha value is -2.83. The van der Waals surface area contributed by atoms with E-state index in [1.165, 1.54) is 4.90 Å². The first-order valence-electron chi connectivity index (χ1n) is 10.8. The van der Waals surface area contributed by atoms with Gasteiger partial charge in [0.15, 0.2) is 0 Å². The third-order valence-electron chi connectivity index (χ3n) is 5.38. The van der Waals surface area contributed by atoms with Crippen LogP contribution < -0.4 is 10.1 Å². The molecule has 1 aliphatic heterocycles. The molecule has 2 aromatic carbocycles. The van der Waals surface area contributed by atoms with Crippen molar-refractivity contribution in [2.75, 3.05) is 32.2 Å². The van der Waals surface area contributed by atoms with Crippen molar-refractivity contribution in [1.29, 1.82) is 0 Å². The van der Waals surface area contributed by atoms with Gasteiger partial charge in [-0.15, -0.1) is 0 Å². The Bertz CT molecular complexity index is 1020. The van der Waals surface area contributed by atoms with Crippen LogP contribution >= 0.6 is 11.6 Å². The number of methoxy groups -OCH3 is 1. The number of carbonyl (C=O) groups is 2. The molecule has 0 fully saturated rings. The Morgan fingerprint density at radius 3 is 2.50 bits per heavy atom. The van der Waals surface area contributed by atoms with E-state index in [4.69, 9.17) is 21.1 Å². The van der Waals surface area contributed by atoms with E-state index in [9.17, 15) is 9.59 Å². The Labute approximate surface area is 194 Å². The van der Waals surface area contributed by atoms with Crippen LogP contribution in [0.3, 0.4) is 0 Å². The minimum absolute atomic E-state index is 0.219. The summed E-state index contributed by atoms with van der Waals surface area (Å²) in [7, 11) is 1.54. The molecule has 2 aromatic rings. The molecule has 1 aliphatic rings. The molecule has 0 aromatic heterocycles. The SMILES string of the molecule is CCCCOCCCN1C(=O)C(Nc2cccc(Cl)c2C)=C(c2ccccc2OC)C1=O. The number of ether oxygens (including phenoxy) is 2. The van der Waals surface area contributed by atoms with Crippen molar-refractivity contribution in [3.8, 4) is 5.75 Å². The van der Waals surface area contributed by atoms with Crippen LogP contribution in [-0.2, 0) is 14.3 Å². The highest BCUT2D eigenvalue weighted by Gasteiger charge is 2.40. The van der Waals surface area contributed by atoms with Crippen molar-refractivity contribution in [2.24, 2.45) is 0 Å². The van der Waals surface area contributed by atoms with Gasteiger partial charge in [-0.05, 0) is 43.5 Å². The van der Waals surface area contributed by atoms with E-state index in [-0.39, 0.29) is 24.1 Å². The molecular formula is C25H29ClN2O4. The molecule has 32 heavy (non-hydrogen) atoms. The van der Waals surface area contributed by atoms with Gasteiger partial charge >= 0.3 is 0 Å². The van der Waals surface area contributed by atoms with Crippen molar-refractivity contribution in [2.45, 2.75) is 33.1 Å². The number of anilines is 1. The largest absolute Gasteiger partial charge is 0.496 e. The molecule has 0 radical (unpaired) electrons. The van der Waals surface area contributed by atoms with Gasteiger partial charge in [-0.2, -0.15) is 0 Å². The molecule has 6 nitrogen and oxygen atoms in total. The lowest BCUT2D eigenvalue weighted by Gasteiger charge is -2.16. The lowest BCUT2D eigenvalue weighted by atomic mass is 10.0. The minimum Gasteiger partial charge on any atom is -0.496 e. The first-order chi connectivity index (χ1) is 15.5. The second-order valence-corrected chi connectivity index (χ2v) is 7.98. The molecule has 2 amide bonds. The number of para-hydroxylation sites is 1. The molecule has 1 N–H and O–H groups in total. The Morgan fingerprint density at radius 2 is 1.75 bits per heavy atom. The summed E-state index contributed by atoms with van der Waals surface area (Å²) in [5, 5.41) is 3.75. The molecular weight excluding hydrogens is 428 g/mol. The number of rotatable bonds is 11. The lowest BCUT2D eigenvalue weighted by Crippen LogP contribution is -2.34. The summed E-state index contributed by atoms with van der Waals surface area (Å²) >= 11 is 6.26. The number of nitrogens with zero attached hydrogens (tertiary/aromatic N) is 1. The summed E-state index contributed by atoms with van der Waals surface area (Å²) in [6.45, 7) is 5.43. The topological polar surface area (TPSA) is 67.9 Å². The first-order valence-corrected chi connectivity index (χ1v) is 11.2. The predicted molar refractivity (Wildman–Crippen MR) is 127 cm³/mol. The highest BCUT2D eigenvalue weighted by molar-refractivity contribution is 6.37. The number of amides is 2. The van der Waals surface area contributed by atoms with Crippen LogP contribution in [0.4, 0.5) is 5.69 Å². The van der Waals surface area contributed by atoms with E-state index >= 15 is 0 Å². The molecule has 0 atom stereocenters. The summed E-state index contributed by atoms with van der Waals surface area (Å²) in [4.78, 5) is 28.0. The van der Waals surface area contributed by atoms with Gasteiger partial charge < -0.3 is 14.8 Å². The monoisotopic (exact) mass is 456 g/mol. The maximum atomic E-state index is 13.4. The van der Waals surface area contributed by atoms with Crippen molar-refractivity contribution < 1.29 is 19.1 Å². The van der Waals surface area contributed by atoms with Gasteiger partial charge in [0.2, 0.25) is 0 Å². The van der Waals surface area contributed by atoms with Crippen LogP contribution in [0.2, 0.25) is 5.02 Å². The molecule has 0 spiro atoms. The number of hydrogen-bond acceptors (Lipinski definition) is 5. The quantitative estimate of drug-likeness (QED) is 0.378. The van der Waals surface area contributed by atoms with E-state index in [1.54, 1.807) is 31.4 Å². The molecule has 0 bridgehead atoms. The maximum absolute atomic E-state index is 13.4. The zero-order chi connectivity index (χ0) is 23.1. The van der Waals surface area contributed by atoms with Crippen LogP contribution in [0.5, 0.6) is 5.75 Å². The molecule has 0 saturated heterocycles. The molecule has 170 valence electrons. The summed E-state index contributed by atoms with van der Waals surface area (Å²) in [6, 6.07) is 12.6. The number of unbranched alkanes of at least 4 members (excludes halogenated alkanes) is 1. The van der Waals surface area contributed by atoms with Gasteiger partial charge in [0, 0.05) is 36.0 Å².